The van der Waals surface area contributed by atoms with Gasteiger partial charge in [-0.25, -0.2) is 0 Å². The highest BCUT2D eigenvalue weighted by Gasteiger charge is 2.23. The lowest BCUT2D eigenvalue weighted by atomic mass is 10.0. The quantitative estimate of drug-likeness (QED) is 0.517. The average molecular weight is 127 g/mol. The number of hydrogen-bond donors (Lipinski definition) is 0. The predicted molar refractivity (Wildman–Crippen MR) is 33.2 cm³/mol. The first-order valence-corrected chi connectivity index (χ1v) is 2.88. The first-order valence-electron chi connectivity index (χ1n) is 2.88. The molecule has 1 atom stereocenters. The molecular formula is C6H9NO2. The molecule has 1 aliphatic rings. The third-order valence-electron chi connectivity index (χ3n) is 1.44. The molecule has 0 radical (unpaired) electrons. The van der Waals surface area contributed by atoms with E-state index in [1.54, 1.807) is 13.8 Å². The fraction of sp³-hybridized carbons (Fsp3) is 0.667. The molecule has 0 fully saturated rings. The Hall–Kier alpha value is -0.860. The van der Waals surface area contributed by atoms with Gasteiger partial charge in [-0.3, -0.25) is 4.79 Å². The van der Waals surface area contributed by atoms with Crippen LogP contribution in [0.2, 0.25) is 0 Å². The van der Waals surface area contributed by atoms with Crippen molar-refractivity contribution >= 4 is 11.5 Å². The summed E-state index contributed by atoms with van der Waals surface area (Å²) in [6, 6.07) is 0. The zero-order valence-corrected chi connectivity index (χ0v) is 5.55. The normalized spacial score (nSPS) is 25.1. The second kappa shape index (κ2) is 2.17. The van der Waals surface area contributed by atoms with Crippen molar-refractivity contribution in [3.05, 3.63) is 0 Å². The molecule has 1 unspecified atom stereocenters. The van der Waals surface area contributed by atoms with Crippen LogP contribution in [0.3, 0.4) is 0 Å². The van der Waals surface area contributed by atoms with Gasteiger partial charge in [0, 0.05) is 0 Å². The van der Waals surface area contributed by atoms with Crippen LogP contribution in [-0.4, -0.2) is 18.1 Å². The van der Waals surface area contributed by atoms with Crippen molar-refractivity contribution in [1.29, 1.82) is 0 Å². The van der Waals surface area contributed by atoms with Crippen molar-refractivity contribution in [2.24, 2.45) is 11.1 Å². The van der Waals surface area contributed by atoms with Crippen LogP contribution in [0, 0.1) is 5.92 Å². The maximum Gasteiger partial charge on any atom is 0.142 e. The van der Waals surface area contributed by atoms with Crippen LogP contribution in [0.1, 0.15) is 13.8 Å². The van der Waals surface area contributed by atoms with Crippen molar-refractivity contribution < 1.29 is 9.63 Å². The molecule has 0 spiro atoms. The molecule has 0 aromatic carbocycles. The molecule has 0 saturated heterocycles. The molecule has 0 N–H and O–H groups in total. The van der Waals surface area contributed by atoms with E-state index in [0.717, 1.165) is 5.71 Å². The molecule has 50 valence electrons. The number of ketones is 1. The molecule has 0 aromatic rings. The van der Waals surface area contributed by atoms with Gasteiger partial charge < -0.3 is 4.84 Å². The number of rotatable bonds is 1. The number of carbonyl (C=O) groups is 1. The van der Waals surface area contributed by atoms with Gasteiger partial charge in [0.05, 0.1) is 11.6 Å². The molecule has 0 amide bonds. The minimum atomic E-state index is -0.0787. The maximum absolute atomic E-state index is 10.7. The van der Waals surface area contributed by atoms with Gasteiger partial charge in [0.15, 0.2) is 0 Å². The van der Waals surface area contributed by atoms with Crippen LogP contribution >= 0.6 is 0 Å². The highest BCUT2D eigenvalue weighted by Crippen LogP contribution is 2.09. The molecule has 0 bridgehead atoms. The van der Waals surface area contributed by atoms with Gasteiger partial charge in [-0.1, -0.05) is 5.16 Å². The number of Topliss-reactive ketones (excluding diaryl/α,β-unsaturated/α-hetero) is 1. The predicted octanol–water partition coefficient (Wildman–Crippen LogP) is 0.598. The van der Waals surface area contributed by atoms with Gasteiger partial charge in [-0.15, -0.1) is 0 Å². The molecule has 0 saturated carbocycles. The lowest BCUT2D eigenvalue weighted by Gasteiger charge is -1.98. The fourth-order valence-corrected chi connectivity index (χ4v) is 0.809. The Balaban J connectivity index is 2.63. The topological polar surface area (TPSA) is 38.7 Å². The number of nitrogens with zero attached hydrogens (tertiary/aromatic N) is 1. The van der Waals surface area contributed by atoms with Crippen LogP contribution in [0.25, 0.3) is 0 Å². The van der Waals surface area contributed by atoms with E-state index >= 15 is 0 Å². The third kappa shape index (κ3) is 1.09. The summed E-state index contributed by atoms with van der Waals surface area (Å²) in [5, 5.41) is 3.63. The van der Waals surface area contributed by atoms with Crippen LogP contribution in [0.5, 0.6) is 0 Å². The van der Waals surface area contributed by atoms with Gasteiger partial charge in [-0.05, 0) is 13.8 Å². The summed E-state index contributed by atoms with van der Waals surface area (Å²) in [7, 11) is 0. The SMILES string of the molecule is CC(=O)C1CON=C1C. The summed E-state index contributed by atoms with van der Waals surface area (Å²) < 4.78 is 0. The minimum Gasteiger partial charge on any atom is -0.395 e. The Morgan fingerprint density at radius 2 is 2.56 bits per heavy atom. The molecule has 0 aromatic heterocycles. The first kappa shape index (κ1) is 6.26. The summed E-state index contributed by atoms with van der Waals surface area (Å²) >= 11 is 0. The van der Waals surface area contributed by atoms with Gasteiger partial charge in [0.2, 0.25) is 0 Å². The zero-order chi connectivity index (χ0) is 6.85. The smallest absolute Gasteiger partial charge is 0.142 e. The highest BCUT2D eigenvalue weighted by atomic mass is 16.6. The highest BCUT2D eigenvalue weighted by molar-refractivity contribution is 6.03. The van der Waals surface area contributed by atoms with Gasteiger partial charge >= 0.3 is 0 Å². The molecule has 3 nitrogen and oxygen atoms in total. The van der Waals surface area contributed by atoms with E-state index in [9.17, 15) is 4.79 Å². The maximum atomic E-state index is 10.7. The average Bonchev–Trinajstić information content (AvgIpc) is 2.13. The Bertz CT molecular complexity index is 162. The van der Waals surface area contributed by atoms with Crippen LogP contribution < -0.4 is 0 Å². The molecule has 1 rings (SSSR count). The molecule has 0 aliphatic carbocycles. The molecule has 9 heavy (non-hydrogen) atoms. The summed E-state index contributed by atoms with van der Waals surface area (Å²) in [6.45, 7) is 3.79. The van der Waals surface area contributed by atoms with Crippen molar-refractivity contribution in [1.82, 2.24) is 0 Å². The van der Waals surface area contributed by atoms with Crippen molar-refractivity contribution in [2.45, 2.75) is 13.8 Å². The molecule has 1 heterocycles. The minimum absolute atomic E-state index is 0.0787. The van der Waals surface area contributed by atoms with Crippen molar-refractivity contribution in [2.75, 3.05) is 6.61 Å². The van der Waals surface area contributed by atoms with E-state index in [1.165, 1.54) is 0 Å². The number of hydrogen-bond acceptors (Lipinski definition) is 3. The Kier molecular flexibility index (Phi) is 1.51. The third-order valence-corrected chi connectivity index (χ3v) is 1.44. The summed E-state index contributed by atoms with van der Waals surface area (Å²) in [5.41, 5.74) is 0.794. The molecular weight excluding hydrogens is 118 g/mol. The van der Waals surface area contributed by atoms with Crippen LogP contribution in [0.4, 0.5) is 0 Å². The van der Waals surface area contributed by atoms with Gasteiger partial charge in [0.1, 0.15) is 12.4 Å². The largest absolute Gasteiger partial charge is 0.395 e. The zero-order valence-electron chi connectivity index (χ0n) is 5.55. The summed E-state index contributed by atoms with van der Waals surface area (Å²) in [6.07, 6.45) is 0. The van der Waals surface area contributed by atoms with E-state index in [4.69, 9.17) is 4.84 Å². The van der Waals surface area contributed by atoms with Gasteiger partial charge in [0.25, 0.3) is 0 Å². The Morgan fingerprint density at radius 1 is 1.89 bits per heavy atom. The first-order chi connectivity index (χ1) is 4.22. The molecule has 1 aliphatic heterocycles. The lowest BCUT2D eigenvalue weighted by Crippen LogP contribution is -2.18. The lowest BCUT2D eigenvalue weighted by molar-refractivity contribution is -0.119. The number of oxime groups is 1. The van der Waals surface area contributed by atoms with E-state index in [1.807, 2.05) is 0 Å². The summed E-state index contributed by atoms with van der Waals surface area (Å²) in [4.78, 5) is 15.4. The second-order valence-electron chi connectivity index (χ2n) is 2.19. The monoisotopic (exact) mass is 127 g/mol. The van der Waals surface area contributed by atoms with E-state index in [-0.39, 0.29) is 11.7 Å². The Morgan fingerprint density at radius 3 is 2.78 bits per heavy atom. The van der Waals surface area contributed by atoms with Crippen LogP contribution in [-0.2, 0) is 9.63 Å². The van der Waals surface area contributed by atoms with Crippen molar-refractivity contribution in [3.8, 4) is 0 Å². The summed E-state index contributed by atoms with van der Waals surface area (Å²) in [5.74, 6) is 0.0544. The molecule has 3 heteroatoms. The van der Waals surface area contributed by atoms with E-state index < -0.39 is 0 Å². The second-order valence-corrected chi connectivity index (χ2v) is 2.19. The van der Waals surface area contributed by atoms with Crippen molar-refractivity contribution in [3.63, 3.8) is 0 Å². The van der Waals surface area contributed by atoms with E-state index in [2.05, 4.69) is 5.16 Å². The standard InChI is InChI=1S/C6H9NO2/c1-4-6(5(2)8)3-9-7-4/h6H,3H2,1-2H3. The van der Waals surface area contributed by atoms with E-state index in [0.29, 0.717) is 6.61 Å². The fourth-order valence-electron chi connectivity index (χ4n) is 0.809. The van der Waals surface area contributed by atoms with Crippen LogP contribution in [0.15, 0.2) is 5.16 Å². The Labute approximate surface area is 53.7 Å². The number of carbonyl (C=O) groups excluding carboxylic acids is 1. The van der Waals surface area contributed by atoms with Gasteiger partial charge in [-0.2, -0.15) is 0 Å².